The predicted molar refractivity (Wildman–Crippen MR) is 119 cm³/mol. The molecule has 33 heavy (non-hydrogen) atoms. The van der Waals surface area contributed by atoms with Crippen LogP contribution in [0.2, 0.25) is 0 Å². The van der Waals surface area contributed by atoms with E-state index in [2.05, 4.69) is 15.5 Å². The van der Waals surface area contributed by atoms with Gasteiger partial charge in [-0.1, -0.05) is 11.2 Å². The second-order valence-corrected chi connectivity index (χ2v) is 10.2. The summed E-state index contributed by atoms with van der Waals surface area (Å²) in [6.07, 6.45) is 2.43. The Bertz CT molecular complexity index is 1310. The van der Waals surface area contributed by atoms with E-state index in [0.717, 1.165) is 23.3 Å². The van der Waals surface area contributed by atoms with E-state index in [-0.39, 0.29) is 12.5 Å². The number of rotatable bonds is 8. The summed E-state index contributed by atoms with van der Waals surface area (Å²) >= 11 is 1.27. The van der Waals surface area contributed by atoms with E-state index >= 15 is 0 Å². The Labute approximate surface area is 193 Å². The molecule has 0 unspecified atom stereocenters. The lowest BCUT2D eigenvalue weighted by atomic mass is 10.1. The molecule has 0 saturated heterocycles. The summed E-state index contributed by atoms with van der Waals surface area (Å²) < 4.78 is 40.9. The second kappa shape index (κ2) is 9.32. The van der Waals surface area contributed by atoms with E-state index in [1.165, 1.54) is 18.4 Å². The molecule has 4 rings (SSSR count). The monoisotopic (exact) mass is 491 g/mol. The first kappa shape index (κ1) is 22.9. The molecule has 0 atom stereocenters. The number of nitrogens with zero attached hydrogens (tertiary/aromatic N) is 2. The molecule has 1 aromatic carbocycles. The topological polar surface area (TPSA) is 138 Å². The molecule has 2 heterocycles. The molecule has 1 amide bonds. The van der Waals surface area contributed by atoms with E-state index in [1.807, 2.05) is 0 Å². The molecule has 0 spiro atoms. The molecule has 0 fully saturated rings. The number of aromatic nitrogens is 2. The lowest BCUT2D eigenvalue weighted by Gasteiger charge is -2.07. The highest BCUT2D eigenvalue weighted by atomic mass is 32.2. The van der Waals surface area contributed by atoms with Crippen LogP contribution in [0.5, 0.6) is 5.75 Å². The van der Waals surface area contributed by atoms with Gasteiger partial charge in [0.1, 0.15) is 16.5 Å². The van der Waals surface area contributed by atoms with Crippen molar-refractivity contribution in [1.29, 1.82) is 0 Å². The minimum atomic E-state index is -4.22. The number of amides is 1. The standard InChI is InChI=1S/C21H21N3O7S2/c1-3-30-20(26)17-14-8-5-9-15(14)32-19(17)22-16(25)11-33(27,28)21-24-23-18(31-21)12-6-4-7-13(10-12)29-2/h4,6-7,10H,3,5,8-9,11H2,1-2H3,(H,22,25). The first-order valence-corrected chi connectivity index (χ1v) is 12.6. The van der Waals surface area contributed by atoms with Gasteiger partial charge < -0.3 is 19.2 Å². The van der Waals surface area contributed by atoms with Gasteiger partial charge in [0, 0.05) is 10.4 Å². The van der Waals surface area contributed by atoms with Gasteiger partial charge in [-0.2, -0.15) is 0 Å². The minimum absolute atomic E-state index is 0.0211. The number of ether oxygens (including phenoxy) is 2. The van der Waals surface area contributed by atoms with Gasteiger partial charge in [0.25, 0.3) is 0 Å². The van der Waals surface area contributed by atoms with Crippen LogP contribution in [0.3, 0.4) is 0 Å². The van der Waals surface area contributed by atoms with Gasteiger partial charge in [-0.05, 0) is 49.9 Å². The van der Waals surface area contributed by atoms with Crippen LogP contribution < -0.4 is 10.1 Å². The quantitative estimate of drug-likeness (QED) is 0.471. The summed E-state index contributed by atoms with van der Waals surface area (Å²) in [6.45, 7) is 1.89. The summed E-state index contributed by atoms with van der Waals surface area (Å²) in [7, 11) is -2.72. The van der Waals surface area contributed by atoms with Gasteiger partial charge in [-0.15, -0.1) is 16.4 Å². The molecule has 0 aliphatic heterocycles. The molecule has 1 aliphatic carbocycles. The van der Waals surface area contributed by atoms with Gasteiger partial charge in [0.2, 0.25) is 21.6 Å². The van der Waals surface area contributed by atoms with Crippen molar-refractivity contribution in [3.63, 3.8) is 0 Å². The maximum absolute atomic E-state index is 12.7. The number of carbonyl (C=O) groups excluding carboxylic acids is 2. The highest BCUT2D eigenvalue weighted by Crippen LogP contribution is 2.39. The summed E-state index contributed by atoms with van der Waals surface area (Å²) in [5.41, 5.74) is 1.63. The van der Waals surface area contributed by atoms with Crippen molar-refractivity contribution >= 4 is 38.1 Å². The maximum Gasteiger partial charge on any atom is 0.341 e. The number of esters is 1. The van der Waals surface area contributed by atoms with E-state index in [9.17, 15) is 18.0 Å². The van der Waals surface area contributed by atoms with E-state index in [4.69, 9.17) is 13.9 Å². The lowest BCUT2D eigenvalue weighted by molar-refractivity contribution is -0.113. The Morgan fingerprint density at radius 2 is 2.06 bits per heavy atom. The zero-order chi connectivity index (χ0) is 23.6. The fraction of sp³-hybridized carbons (Fsp3) is 0.333. The van der Waals surface area contributed by atoms with Gasteiger partial charge >= 0.3 is 11.2 Å². The number of aryl methyl sites for hydroxylation is 1. The second-order valence-electron chi connectivity index (χ2n) is 7.19. The van der Waals surface area contributed by atoms with Crippen molar-refractivity contribution in [3.8, 4) is 17.2 Å². The van der Waals surface area contributed by atoms with E-state index in [1.54, 1.807) is 31.2 Å². The fourth-order valence-corrected chi connectivity index (χ4v) is 5.72. The first-order valence-electron chi connectivity index (χ1n) is 10.1. The van der Waals surface area contributed by atoms with Gasteiger partial charge in [-0.25, -0.2) is 13.2 Å². The Morgan fingerprint density at radius 3 is 2.82 bits per heavy atom. The average Bonchev–Trinajstić information content (AvgIpc) is 3.50. The minimum Gasteiger partial charge on any atom is -0.497 e. The fourth-order valence-electron chi connectivity index (χ4n) is 3.52. The summed E-state index contributed by atoms with van der Waals surface area (Å²) in [4.78, 5) is 26.0. The van der Waals surface area contributed by atoms with E-state index < -0.39 is 32.7 Å². The molecule has 0 bridgehead atoms. The Kier molecular flexibility index (Phi) is 6.47. The summed E-state index contributed by atoms with van der Waals surface area (Å²) in [5.74, 6) is -1.75. The molecule has 10 nitrogen and oxygen atoms in total. The number of benzene rings is 1. The average molecular weight is 492 g/mol. The van der Waals surface area contributed by atoms with Crippen molar-refractivity contribution in [2.24, 2.45) is 0 Å². The number of sulfone groups is 1. The first-order chi connectivity index (χ1) is 15.8. The molecule has 12 heteroatoms. The number of hydrogen-bond acceptors (Lipinski definition) is 10. The molecule has 0 radical (unpaired) electrons. The molecular weight excluding hydrogens is 470 g/mol. The van der Waals surface area contributed by atoms with Gasteiger partial charge in [0.15, 0.2) is 0 Å². The van der Waals surface area contributed by atoms with Crippen molar-refractivity contribution < 1.29 is 31.9 Å². The Morgan fingerprint density at radius 1 is 1.24 bits per heavy atom. The van der Waals surface area contributed by atoms with Gasteiger partial charge in [-0.3, -0.25) is 4.79 Å². The maximum atomic E-state index is 12.7. The third-order valence-corrected chi connectivity index (χ3v) is 7.51. The molecule has 3 aromatic rings. The zero-order valence-electron chi connectivity index (χ0n) is 17.9. The number of carbonyl (C=O) groups is 2. The lowest BCUT2D eigenvalue weighted by Crippen LogP contribution is -2.24. The third-order valence-electron chi connectivity index (χ3n) is 4.96. The van der Waals surface area contributed by atoms with Crippen LogP contribution in [0.15, 0.2) is 33.9 Å². The largest absolute Gasteiger partial charge is 0.497 e. The summed E-state index contributed by atoms with van der Waals surface area (Å²) in [5, 5.41) is 9.54. The number of nitrogens with one attached hydrogen (secondary N) is 1. The normalized spacial score (nSPS) is 12.9. The Balaban J connectivity index is 1.51. The number of anilines is 1. The SMILES string of the molecule is CCOC(=O)c1c(NC(=O)CS(=O)(=O)c2nnc(-c3cccc(OC)c3)o2)sc2c1CCC2. The smallest absolute Gasteiger partial charge is 0.341 e. The van der Waals surface area contributed by atoms with Crippen LogP contribution in [0.1, 0.15) is 34.1 Å². The molecule has 1 aliphatic rings. The number of thiophene rings is 1. The third kappa shape index (κ3) is 4.76. The highest BCUT2D eigenvalue weighted by molar-refractivity contribution is 7.91. The number of hydrogen-bond donors (Lipinski definition) is 1. The molecule has 2 aromatic heterocycles. The van der Waals surface area contributed by atoms with Crippen LogP contribution in [0, 0.1) is 0 Å². The van der Waals surface area contributed by atoms with Crippen molar-refractivity contribution in [1.82, 2.24) is 10.2 Å². The molecular formula is C21H21N3O7S2. The van der Waals surface area contributed by atoms with Crippen LogP contribution in [-0.2, 0) is 32.2 Å². The molecule has 0 saturated carbocycles. The zero-order valence-corrected chi connectivity index (χ0v) is 19.5. The molecule has 1 N–H and O–H groups in total. The predicted octanol–water partition coefficient (Wildman–Crippen LogP) is 2.88. The van der Waals surface area contributed by atoms with Crippen LogP contribution in [0.4, 0.5) is 5.00 Å². The van der Waals surface area contributed by atoms with Crippen molar-refractivity contribution in [2.45, 2.75) is 31.4 Å². The summed E-state index contributed by atoms with van der Waals surface area (Å²) in [6, 6.07) is 6.68. The van der Waals surface area contributed by atoms with Crippen LogP contribution in [0.25, 0.3) is 11.5 Å². The number of methoxy groups -OCH3 is 1. The van der Waals surface area contributed by atoms with Crippen molar-refractivity contribution in [3.05, 3.63) is 40.3 Å². The highest BCUT2D eigenvalue weighted by Gasteiger charge is 2.31. The number of fused-ring (bicyclic) bond motifs is 1. The van der Waals surface area contributed by atoms with Crippen molar-refractivity contribution in [2.75, 3.05) is 24.8 Å². The van der Waals surface area contributed by atoms with Crippen LogP contribution >= 0.6 is 11.3 Å². The van der Waals surface area contributed by atoms with Gasteiger partial charge in [0.05, 0.1) is 19.3 Å². The van der Waals surface area contributed by atoms with Crippen LogP contribution in [-0.4, -0.2) is 50.0 Å². The molecule has 174 valence electrons. The Hall–Kier alpha value is -3.25. The van der Waals surface area contributed by atoms with E-state index in [0.29, 0.717) is 28.3 Å².